The lowest BCUT2D eigenvalue weighted by molar-refractivity contribution is -0.117. The highest BCUT2D eigenvalue weighted by atomic mass is 16.5. The molecule has 1 aromatic heterocycles. The largest absolute Gasteiger partial charge is 0.385 e. The third-order valence-electron chi connectivity index (χ3n) is 2.46. The van der Waals surface area contributed by atoms with Crippen LogP contribution in [0.5, 0.6) is 0 Å². The number of hydrogen-bond donors (Lipinski definition) is 3. The van der Waals surface area contributed by atoms with Gasteiger partial charge in [0.25, 0.3) is 0 Å². The van der Waals surface area contributed by atoms with Gasteiger partial charge in [0, 0.05) is 25.0 Å². The SMILES string of the molecule is COCCC(N)C(=O)Nc1n[nH]c(C)c1C. The van der Waals surface area contributed by atoms with Gasteiger partial charge in [0.15, 0.2) is 5.82 Å². The summed E-state index contributed by atoms with van der Waals surface area (Å²) in [7, 11) is 1.58. The number of aryl methyl sites for hydroxylation is 1. The monoisotopic (exact) mass is 226 g/mol. The standard InChI is InChI=1S/C10H18N4O2/c1-6-7(2)13-14-9(6)12-10(15)8(11)4-5-16-3/h8H,4-5,11H2,1-3H3,(H2,12,13,14,15). The van der Waals surface area contributed by atoms with E-state index in [-0.39, 0.29) is 5.91 Å². The van der Waals surface area contributed by atoms with E-state index in [2.05, 4.69) is 15.5 Å². The van der Waals surface area contributed by atoms with Crippen molar-refractivity contribution >= 4 is 11.7 Å². The van der Waals surface area contributed by atoms with Gasteiger partial charge in [-0.15, -0.1) is 0 Å². The molecule has 6 nitrogen and oxygen atoms in total. The summed E-state index contributed by atoms with van der Waals surface area (Å²) in [6, 6.07) is -0.573. The van der Waals surface area contributed by atoms with Gasteiger partial charge in [-0.05, 0) is 20.3 Å². The molecule has 1 amide bonds. The summed E-state index contributed by atoms with van der Waals surface area (Å²) in [6.45, 7) is 4.24. The topological polar surface area (TPSA) is 93.0 Å². The van der Waals surface area contributed by atoms with Crippen molar-refractivity contribution in [3.05, 3.63) is 11.3 Å². The van der Waals surface area contributed by atoms with Gasteiger partial charge >= 0.3 is 0 Å². The minimum atomic E-state index is -0.573. The highest BCUT2D eigenvalue weighted by molar-refractivity contribution is 5.94. The number of amides is 1. The Labute approximate surface area is 94.5 Å². The van der Waals surface area contributed by atoms with Crippen molar-refractivity contribution in [3.63, 3.8) is 0 Å². The third kappa shape index (κ3) is 3.04. The summed E-state index contributed by atoms with van der Waals surface area (Å²) in [5.74, 6) is 0.294. The number of methoxy groups -OCH3 is 1. The Kier molecular flexibility index (Phi) is 4.45. The highest BCUT2D eigenvalue weighted by Crippen LogP contribution is 2.13. The molecule has 1 heterocycles. The van der Waals surface area contributed by atoms with E-state index in [9.17, 15) is 4.79 Å². The van der Waals surface area contributed by atoms with Crippen molar-refractivity contribution in [2.75, 3.05) is 19.0 Å². The van der Waals surface area contributed by atoms with E-state index >= 15 is 0 Å². The first-order valence-electron chi connectivity index (χ1n) is 5.13. The molecule has 0 fully saturated rings. The predicted molar refractivity (Wildman–Crippen MR) is 61.2 cm³/mol. The molecular formula is C10H18N4O2. The molecule has 1 unspecified atom stereocenters. The van der Waals surface area contributed by atoms with Gasteiger partial charge in [-0.2, -0.15) is 5.10 Å². The molecule has 0 bridgehead atoms. The number of aromatic nitrogens is 2. The summed E-state index contributed by atoms with van der Waals surface area (Å²) in [5.41, 5.74) is 7.53. The normalized spacial score (nSPS) is 12.5. The molecule has 90 valence electrons. The van der Waals surface area contributed by atoms with Crippen LogP contribution in [0.25, 0.3) is 0 Å². The summed E-state index contributed by atoms with van der Waals surface area (Å²) in [4.78, 5) is 11.6. The number of aromatic amines is 1. The number of nitrogens with one attached hydrogen (secondary N) is 2. The van der Waals surface area contributed by atoms with E-state index in [0.29, 0.717) is 18.8 Å². The first-order chi connectivity index (χ1) is 7.56. The van der Waals surface area contributed by atoms with Crippen LogP contribution in [0.2, 0.25) is 0 Å². The van der Waals surface area contributed by atoms with Crippen molar-refractivity contribution in [2.45, 2.75) is 26.3 Å². The summed E-state index contributed by atoms with van der Waals surface area (Å²) >= 11 is 0. The van der Waals surface area contributed by atoms with E-state index in [0.717, 1.165) is 11.3 Å². The van der Waals surface area contributed by atoms with Gasteiger partial charge < -0.3 is 15.8 Å². The Hall–Kier alpha value is -1.40. The Morgan fingerprint density at radius 3 is 2.81 bits per heavy atom. The van der Waals surface area contributed by atoms with Crippen LogP contribution in [-0.4, -0.2) is 35.9 Å². The Morgan fingerprint density at radius 1 is 1.62 bits per heavy atom. The lowest BCUT2D eigenvalue weighted by atomic mass is 10.2. The van der Waals surface area contributed by atoms with Crippen LogP contribution in [0.4, 0.5) is 5.82 Å². The van der Waals surface area contributed by atoms with Crippen molar-refractivity contribution in [1.29, 1.82) is 0 Å². The Morgan fingerprint density at radius 2 is 2.31 bits per heavy atom. The zero-order chi connectivity index (χ0) is 12.1. The molecule has 0 spiro atoms. The van der Waals surface area contributed by atoms with Gasteiger partial charge in [-0.25, -0.2) is 0 Å². The number of nitrogens with zero attached hydrogens (tertiary/aromatic N) is 1. The van der Waals surface area contributed by atoms with Crippen LogP contribution in [0.1, 0.15) is 17.7 Å². The molecule has 1 rings (SSSR count). The van der Waals surface area contributed by atoms with E-state index in [1.807, 2.05) is 13.8 Å². The van der Waals surface area contributed by atoms with Crippen LogP contribution >= 0.6 is 0 Å². The molecule has 16 heavy (non-hydrogen) atoms. The summed E-state index contributed by atoms with van der Waals surface area (Å²) < 4.78 is 4.86. The minimum absolute atomic E-state index is 0.244. The maximum absolute atomic E-state index is 11.6. The second-order valence-electron chi connectivity index (χ2n) is 3.70. The van der Waals surface area contributed by atoms with Gasteiger partial charge in [-0.1, -0.05) is 0 Å². The number of hydrogen-bond acceptors (Lipinski definition) is 4. The van der Waals surface area contributed by atoms with Gasteiger partial charge in [0.05, 0.1) is 6.04 Å². The van der Waals surface area contributed by atoms with Crippen molar-refractivity contribution in [1.82, 2.24) is 10.2 Å². The minimum Gasteiger partial charge on any atom is -0.385 e. The van der Waals surface area contributed by atoms with Crippen LogP contribution < -0.4 is 11.1 Å². The van der Waals surface area contributed by atoms with Crippen molar-refractivity contribution in [2.24, 2.45) is 5.73 Å². The van der Waals surface area contributed by atoms with Crippen LogP contribution in [0, 0.1) is 13.8 Å². The summed E-state index contributed by atoms with van der Waals surface area (Å²) in [5, 5.41) is 9.45. The number of rotatable bonds is 5. The molecule has 4 N–H and O–H groups in total. The highest BCUT2D eigenvalue weighted by Gasteiger charge is 2.15. The Bertz CT molecular complexity index is 362. The number of ether oxygens (including phenoxy) is 1. The molecule has 0 aliphatic carbocycles. The molecule has 0 radical (unpaired) electrons. The fourth-order valence-corrected chi connectivity index (χ4v) is 1.19. The number of H-pyrrole nitrogens is 1. The lowest BCUT2D eigenvalue weighted by Gasteiger charge is -2.10. The predicted octanol–water partition coefficient (Wildman–Crippen LogP) is 0.329. The maximum Gasteiger partial charge on any atom is 0.242 e. The molecule has 0 saturated carbocycles. The van der Waals surface area contributed by atoms with E-state index in [1.54, 1.807) is 7.11 Å². The average Bonchev–Trinajstić information content (AvgIpc) is 2.57. The van der Waals surface area contributed by atoms with Crippen molar-refractivity contribution in [3.8, 4) is 0 Å². The molecular weight excluding hydrogens is 208 g/mol. The van der Waals surface area contributed by atoms with Gasteiger partial charge in [0.2, 0.25) is 5.91 Å². The number of anilines is 1. The van der Waals surface area contributed by atoms with Crippen LogP contribution in [0.3, 0.4) is 0 Å². The van der Waals surface area contributed by atoms with E-state index in [4.69, 9.17) is 10.5 Å². The molecule has 1 atom stereocenters. The van der Waals surface area contributed by atoms with E-state index in [1.165, 1.54) is 0 Å². The zero-order valence-electron chi connectivity index (χ0n) is 9.83. The smallest absolute Gasteiger partial charge is 0.242 e. The Balaban J connectivity index is 2.54. The molecule has 1 aromatic rings. The number of carbonyl (C=O) groups excluding carboxylic acids is 1. The van der Waals surface area contributed by atoms with Crippen molar-refractivity contribution < 1.29 is 9.53 Å². The second kappa shape index (κ2) is 5.62. The quantitative estimate of drug-likeness (QED) is 0.674. The third-order valence-corrected chi connectivity index (χ3v) is 2.46. The molecule has 0 aliphatic rings. The molecule has 0 aliphatic heterocycles. The maximum atomic E-state index is 11.6. The first-order valence-corrected chi connectivity index (χ1v) is 5.13. The van der Waals surface area contributed by atoms with Gasteiger partial charge in [-0.3, -0.25) is 9.89 Å². The van der Waals surface area contributed by atoms with E-state index < -0.39 is 6.04 Å². The zero-order valence-corrected chi connectivity index (χ0v) is 9.83. The fourth-order valence-electron chi connectivity index (χ4n) is 1.19. The second-order valence-corrected chi connectivity index (χ2v) is 3.70. The van der Waals surface area contributed by atoms with Crippen LogP contribution in [0.15, 0.2) is 0 Å². The van der Waals surface area contributed by atoms with Gasteiger partial charge in [0.1, 0.15) is 0 Å². The molecule has 0 saturated heterocycles. The lowest BCUT2D eigenvalue weighted by Crippen LogP contribution is -2.36. The van der Waals surface area contributed by atoms with Crippen LogP contribution in [-0.2, 0) is 9.53 Å². The first kappa shape index (κ1) is 12.7. The summed E-state index contributed by atoms with van der Waals surface area (Å²) in [6.07, 6.45) is 0.491. The fraction of sp³-hybridized carbons (Fsp3) is 0.600. The molecule has 0 aromatic carbocycles. The number of carbonyl (C=O) groups is 1. The molecule has 6 heteroatoms. The number of nitrogens with two attached hydrogens (primary N) is 1. The average molecular weight is 226 g/mol.